The van der Waals surface area contributed by atoms with Crippen LogP contribution in [-0.2, 0) is 29.7 Å². The highest BCUT2D eigenvalue weighted by atomic mass is 16.2. The van der Waals surface area contributed by atoms with Crippen LogP contribution in [0, 0.1) is 13.8 Å². The van der Waals surface area contributed by atoms with Crippen LogP contribution in [0.5, 0.6) is 0 Å². The molecule has 130 valence electrons. The van der Waals surface area contributed by atoms with Crippen LogP contribution in [0.15, 0.2) is 12.3 Å². The van der Waals surface area contributed by atoms with E-state index in [1.165, 1.54) is 0 Å². The zero-order valence-electron chi connectivity index (χ0n) is 15.3. The van der Waals surface area contributed by atoms with Crippen molar-refractivity contribution in [1.82, 2.24) is 24.6 Å². The molecule has 3 heterocycles. The lowest BCUT2D eigenvalue weighted by Gasteiger charge is -2.24. The fraction of sp³-hybridized carbons (Fsp3) is 0.611. The fourth-order valence-corrected chi connectivity index (χ4v) is 3.17. The van der Waals surface area contributed by atoms with Gasteiger partial charge in [0.05, 0.1) is 11.4 Å². The molecule has 1 amide bonds. The van der Waals surface area contributed by atoms with Crippen LogP contribution in [0.4, 0.5) is 0 Å². The molecule has 1 N–H and O–H groups in total. The maximum absolute atomic E-state index is 12.3. The predicted octanol–water partition coefficient (Wildman–Crippen LogP) is 2.13. The highest BCUT2D eigenvalue weighted by Gasteiger charge is 2.25. The van der Waals surface area contributed by atoms with Crippen LogP contribution in [0.1, 0.15) is 50.1 Å². The zero-order chi connectivity index (χ0) is 17.5. The van der Waals surface area contributed by atoms with Gasteiger partial charge in [-0.05, 0) is 26.3 Å². The van der Waals surface area contributed by atoms with Gasteiger partial charge >= 0.3 is 0 Å². The van der Waals surface area contributed by atoms with E-state index in [0.29, 0.717) is 0 Å². The Labute approximate surface area is 143 Å². The Kier molecular flexibility index (Phi) is 4.24. The van der Waals surface area contributed by atoms with Crippen molar-refractivity contribution in [3.8, 4) is 0 Å². The zero-order valence-corrected chi connectivity index (χ0v) is 15.3. The number of imidazole rings is 1. The van der Waals surface area contributed by atoms with Crippen LogP contribution >= 0.6 is 0 Å². The third-order valence-electron chi connectivity index (χ3n) is 4.52. The average Bonchev–Trinajstić information content (AvgIpc) is 3.01. The average molecular weight is 329 g/mol. The normalized spacial score (nSPS) is 17.6. The van der Waals surface area contributed by atoms with Crippen LogP contribution in [0.25, 0.3) is 0 Å². The summed E-state index contributed by atoms with van der Waals surface area (Å²) in [4.78, 5) is 17.1. The molecular formula is C18H27N5O. The number of carbonyl (C=O) groups is 1. The van der Waals surface area contributed by atoms with E-state index in [0.717, 1.165) is 42.3 Å². The van der Waals surface area contributed by atoms with Gasteiger partial charge in [0.25, 0.3) is 0 Å². The lowest BCUT2D eigenvalue weighted by atomic mass is 9.93. The minimum absolute atomic E-state index is 0.0193. The number of aromatic nitrogens is 4. The number of hydrogen-bond acceptors (Lipinski definition) is 3. The molecule has 0 saturated heterocycles. The number of aryl methyl sites for hydroxylation is 3. The second kappa shape index (κ2) is 6.07. The summed E-state index contributed by atoms with van der Waals surface area (Å²) in [5.74, 6) is 1.15. The standard InChI is InChI=1S/C18H27N5O/c1-12-8-13(2)23(21-12)11-17(24)19-14-6-7-16-20-15(18(3,4)5)10-22(16)9-14/h8,10,14H,6-7,9,11H2,1-5H3,(H,19,24). The molecule has 0 aromatic carbocycles. The van der Waals surface area contributed by atoms with Gasteiger partial charge in [0, 0.05) is 36.3 Å². The van der Waals surface area contributed by atoms with E-state index in [4.69, 9.17) is 4.98 Å². The Hall–Kier alpha value is -2.11. The van der Waals surface area contributed by atoms with Crippen LogP contribution in [0.2, 0.25) is 0 Å². The SMILES string of the molecule is Cc1cc(C)n(CC(=O)NC2CCc3nc(C(C)(C)C)cn3C2)n1. The van der Waals surface area contributed by atoms with Crippen molar-refractivity contribution >= 4 is 5.91 Å². The Bertz CT molecular complexity index is 750. The molecule has 1 aliphatic heterocycles. The quantitative estimate of drug-likeness (QED) is 0.938. The largest absolute Gasteiger partial charge is 0.350 e. The second-order valence-electron chi connectivity index (χ2n) is 7.83. The first kappa shape index (κ1) is 16.7. The summed E-state index contributed by atoms with van der Waals surface area (Å²) in [6, 6.07) is 2.14. The Morgan fingerprint density at radius 3 is 2.75 bits per heavy atom. The summed E-state index contributed by atoms with van der Waals surface area (Å²) < 4.78 is 3.95. The first-order valence-corrected chi connectivity index (χ1v) is 8.59. The highest BCUT2D eigenvalue weighted by Crippen LogP contribution is 2.24. The van der Waals surface area contributed by atoms with E-state index < -0.39 is 0 Å². The lowest BCUT2D eigenvalue weighted by Crippen LogP contribution is -2.42. The molecule has 1 unspecified atom stereocenters. The Morgan fingerprint density at radius 1 is 1.38 bits per heavy atom. The lowest BCUT2D eigenvalue weighted by molar-refractivity contribution is -0.122. The van der Waals surface area contributed by atoms with Gasteiger partial charge < -0.3 is 9.88 Å². The van der Waals surface area contributed by atoms with Gasteiger partial charge in [0.15, 0.2) is 0 Å². The van der Waals surface area contributed by atoms with Crippen LogP contribution < -0.4 is 5.32 Å². The van der Waals surface area contributed by atoms with E-state index in [1.54, 1.807) is 4.68 Å². The molecule has 0 radical (unpaired) electrons. The number of nitrogens with zero attached hydrogens (tertiary/aromatic N) is 4. The molecule has 6 heteroatoms. The minimum Gasteiger partial charge on any atom is -0.350 e. The summed E-state index contributed by atoms with van der Waals surface area (Å²) in [5, 5.41) is 7.49. The molecule has 3 rings (SSSR count). The van der Waals surface area contributed by atoms with Gasteiger partial charge in [-0.25, -0.2) is 4.98 Å². The van der Waals surface area contributed by atoms with Crippen molar-refractivity contribution in [3.63, 3.8) is 0 Å². The Balaban J connectivity index is 1.62. The van der Waals surface area contributed by atoms with Crippen molar-refractivity contribution < 1.29 is 4.79 Å². The molecule has 0 saturated carbocycles. The molecule has 2 aromatic heterocycles. The van der Waals surface area contributed by atoms with E-state index in [-0.39, 0.29) is 23.9 Å². The van der Waals surface area contributed by atoms with E-state index >= 15 is 0 Å². The number of rotatable bonds is 3. The van der Waals surface area contributed by atoms with Crippen molar-refractivity contribution in [2.24, 2.45) is 0 Å². The molecule has 0 aliphatic carbocycles. The van der Waals surface area contributed by atoms with Gasteiger partial charge in [-0.15, -0.1) is 0 Å². The summed E-state index contributed by atoms with van der Waals surface area (Å²) in [6.45, 7) is 11.5. The number of amides is 1. The van der Waals surface area contributed by atoms with E-state index in [2.05, 4.69) is 42.0 Å². The van der Waals surface area contributed by atoms with Crippen LogP contribution in [-0.4, -0.2) is 31.3 Å². The molecule has 6 nitrogen and oxygen atoms in total. The summed E-state index contributed by atoms with van der Waals surface area (Å²) in [6.07, 6.45) is 3.97. The number of nitrogens with one attached hydrogen (secondary N) is 1. The fourth-order valence-electron chi connectivity index (χ4n) is 3.17. The molecular weight excluding hydrogens is 302 g/mol. The molecule has 1 aliphatic rings. The molecule has 1 atom stereocenters. The third kappa shape index (κ3) is 3.52. The summed E-state index contributed by atoms with van der Waals surface area (Å²) in [5.41, 5.74) is 3.12. The highest BCUT2D eigenvalue weighted by molar-refractivity contribution is 5.76. The van der Waals surface area contributed by atoms with Crippen molar-refractivity contribution in [2.45, 2.75) is 72.0 Å². The maximum Gasteiger partial charge on any atom is 0.242 e. The number of hydrogen-bond donors (Lipinski definition) is 1. The van der Waals surface area contributed by atoms with Crippen molar-refractivity contribution in [2.75, 3.05) is 0 Å². The van der Waals surface area contributed by atoms with Gasteiger partial charge in [0.2, 0.25) is 5.91 Å². The van der Waals surface area contributed by atoms with Crippen LogP contribution in [0.3, 0.4) is 0 Å². The van der Waals surface area contributed by atoms with Crippen molar-refractivity contribution in [1.29, 1.82) is 0 Å². The van der Waals surface area contributed by atoms with E-state index in [1.807, 2.05) is 19.9 Å². The third-order valence-corrected chi connectivity index (χ3v) is 4.52. The molecule has 0 fully saturated rings. The van der Waals surface area contributed by atoms with Gasteiger partial charge in [-0.1, -0.05) is 20.8 Å². The molecule has 0 bridgehead atoms. The van der Waals surface area contributed by atoms with Crippen molar-refractivity contribution in [3.05, 3.63) is 35.2 Å². The minimum atomic E-state index is 0.0193. The molecule has 24 heavy (non-hydrogen) atoms. The second-order valence-corrected chi connectivity index (χ2v) is 7.83. The smallest absolute Gasteiger partial charge is 0.242 e. The van der Waals surface area contributed by atoms with Gasteiger partial charge in [-0.3, -0.25) is 9.48 Å². The van der Waals surface area contributed by atoms with E-state index in [9.17, 15) is 4.79 Å². The van der Waals surface area contributed by atoms with Gasteiger partial charge in [-0.2, -0.15) is 5.10 Å². The summed E-state index contributed by atoms with van der Waals surface area (Å²) >= 11 is 0. The summed E-state index contributed by atoms with van der Waals surface area (Å²) in [7, 11) is 0. The molecule has 2 aromatic rings. The molecule has 0 spiro atoms. The Morgan fingerprint density at radius 2 is 2.12 bits per heavy atom. The topological polar surface area (TPSA) is 64.7 Å². The number of fused-ring (bicyclic) bond motifs is 1. The maximum atomic E-state index is 12.3. The first-order valence-electron chi connectivity index (χ1n) is 8.59. The van der Waals surface area contributed by atoms with Gasteiger partial charge in [0.1, 0.15) is 12.4 Å². The monoisotopic (exact) mass is 329 g/mol. The first-order chi connectivity index (χ1) is 11.2. The number of carbonyl (C=O) groups excluding carboxylic acids is 1. The predicted molar refractivity (Wildman–Crippen MR) is 92.9 cm³/mol.